The zero-order valence-corrected chi connectivity index (χ0v) is 10.6. The summed E-state index contributed by atoms with van der Waals surface area (Å²) in [6, 6.07) is 5.10. The molecular weight excluding hydrogens is 248 g/mol. The number of sulfonamides is 1. The van der Waals surface area contributed by atoms with Crippen LogP contribution in [0.5, 0.6) is 0 Å². The molecule has 90 valence electrons. The Labute approximate surface area is 101 Å². The summed E-state index contributed by atoms with van der Waals surface area (Å²) in [5.74, 6) is 0.0233. The fourth-order valence-electron chi connectivity index (χ4n) is 1.21. The zero-order chi connectivity index (χ0) is 12.2. The molecule has 0 aliphatic heterocycles. The van der Waals surface area contributed by atoms with E-state index < -0.39 is 10.0 Å². The summed E-state index contributed by atoms with van der Waals surface area (Å²) >= 11 is 5.89. The van der Waals surface area contributed by atoms with E-state index >= 15 is 0 Å². The largest absolute Gasteiger partial charge is 0.330 e. The standard InChI is InChI=1S/C10H15ClN2O2S/c1-8-9(11)4-2-5-10(8)13-16(14,15)7-3-6-12/h2,4-5,13H,3,6-7,12H2,1H3. The van der Waals surface area contributed by atoms with Gasteiger partial charge in [0.2, 0.25) is 10.0 Å². The Kier molecular flexibility index (Phi) is 4.58. The van der Waals surface area contributed by atoms with Gasteiger partial charge in [-0.05, 0) is 37.6 Å². The van der Waals surface area contributed by atoms with E-state index in [1.54, 1.807) is 25.1 Å². The number of benzene rings is 1. The molecule has 0 saturated carbocycles. The van der Waals surface area contributed by atoms with E-state index in [0.29, 0.717) is 23.7 Å². The summed E-state index contributed by atoms with van der Waals surface area (Å²) < 4.78 is 25.7. The van der Waals surface area contributed by atoms with Gasteiger partial charge in [0.05, 0.1) is 11.4 Å². The molecule has 0 saturated heterocycles. The molecular formula is C10H15ClN2O2S. The van der Waals surface area contributed by atoms with Crippen LogP contribution in [0, 0.1) is 6.92 Å². The Morgan fingerprint density at radius 2 is 2.12 bits per heavy atom. The molecule has 0 aromatic heterocycles. The fraction of sp³-hybridized carbons (Fsp3) is 0.400. The molecule has 1 aromatic rings. The van der Waals surface area contributed by atoms with Crippen molar-refractivity contribution >= 4 is 27.3 Å². The summed E-state index contributed by atoms with van der Waals surface area (Å²) in [5, 5.41) is 0.541. The van der Waals surface area contributed by atoms with Crippen LogP contribution in [-0.2, 0) is 10.0 Å². The monoisotopic (exact) mass is 262 g/mol. The van der Waals surface area contributed by atoms with E-state index in [4.69, 9.17) is 17.3 Å². The minimum atomic E-state index is -3.32. The summed E-state index contributed by atoms with van der Waals surface area (Å²) in [6.45, 7) is 2.12. The topological polar surface area (TPSA) is 72.2 Å². The van der Waals surface area contributed by atoms with E-state index in [1.165, 1.54) is 0 Å². The third-order valence-corrected chi connectivity index (χ3v) is 3.92. The second-order valence-electron chi connectivity index (χ2n) is 3.48. The van der Waals surface area contributed by atoms with Crippen LogP contribution in [0.15, 0.2) is 18.2 Å². The SMILES string of the molecule is Cc1c(Cl)cccc1NS(=O)(=O)CCCN. The third kappa shape index (κ3) is 3.66. The third-order valence-electron chi connectivity index (χ3n) is 2.15. The van der Waals surface area contributed by atoms with E-state index in [2.05, 4.69) is 4.72 Å². The molecule has 0 aliphatic carbocycles. The van der Waals surface area contributed by atoms with Crippen LogP contribution in [-0.4, -0.2) is 20.7 Å². The Morgan fingerprint density at radius 1 is 1.44 bits per heavy atom. The van der Waals surface area contributed by atoms with E-state index in [-0.39, 0.29) is 5.75 Å². The summed E-state index contributed by atoms with van der Waals surface area (Å²) in [4.78, 5) is 0. The van der Waals surface area contributed by atoms with Crippen molar-refractivity contribution in [2.24, 2.45) is 5.73 Å². The molecule has 3 N–H and O–H groups in total. The van der Waals surface area contributed by atoms with Gasteiger partial charge in [0.15, 0.2) is 0 Å². The van der Waals surface area contributed by atoms with Crippen molar-refractivity contribution in [1.29, 1.82) is 0 Å². The van der Waals surface area contributed by atoms with Gasteiger partial charge in [0.1, 0.15) is 0 Å². The van der Waals surface area contributed by atoms with Crippen molar-refractivity contribution in [2.75, 3.05) is 17.0 Å². The molecule has 0 radical (unpaired) electrons. The van der Waals surface area contributed by atoms with Gasteiger partial charge >= 0.3 is 0 Å². The average molecular weight is 263 g/mol. The van der Waals surface area contributed by atoms with Gasteiger partial charge in [-0.25, -0.2) is 8.42 Å². The van der Waals surface area contributed by atoms with Crippen molar-refractivity contribution in [3.05, 3.63) is 28.8 Å². The predicted molar refractivity (Wildman–Crippen MR) is 67.3 cm³/mol. The second kappa shape index (κ2) is 5.52. The molecule has 4 nitrogen and oxygen atoms in total. The number of anilines is 1. The van der Waals surface area contributed by atoms with Crippen LogP contribution >= 0.6 is 11.6 Å². The van der Waals surface area contributed by atoms with Gasteiger partial charge in [-0.15, -0.1) is 0 Å². The van der Waals surface area contributed by atoms with Crippen molar-refractivity contribution in [3.63, 3.8) is 0 Å². The Balaban J connectivity index is 2.84. The van der Waals surface area contributed by atoms with Crippen molar-refractivity contribution in [1.82, 2.24) is 0 Å². The molecule has 0 amide bonds. The van der Waals surface area contributed by atoms with E-state index in [9.17, 15) is 8.42 Å². The summed E-state index contributed by atoms with van der Waals surface area (Å²) in [7, 11) is -3.32. The van der Waals surface area contributed by atoms with Gasteiger partial charge in [0, 0.05) is 5.02 Å². The highest BCUT2D eigenvalue weighted by Gasteiger charge is 2.11. The Hall–Kier alpha value is -0.780. The van der Waals surface area contributed by atoms with Crippen molar-refractivity contribution in [3.8, 4) is 0 Å². The molecule has 6 heteroatoms. The van der Waals surface area contributed by atoms with Gasteiger partial charge < -0.3 is 5.73 Å². The van der Waals surface area contributed by atoms with Crippen molar-refractivity contribution < 1.29 is 8.42 Å². The molecule has 0 fully saturated rings. The number of halogens is 1. The van der Waals surface area contributed by atoms with E-state index in [1.807, 2.05) is 0 Å². The molecule has 0 aliphatic rings. The van der Waals surface area contributed by atoms with Gasteiger partial charge in [0.25, 0.3) is 0 Å². The van der Waals surface area contributed by atoms with Crippen molar-refractivity contribution in [2.45, 2.75) is 13.3 Å². The highest BCUT2D eigenvalue weighted by molar-refractivity contribution is 7.92. The summed E-state index contributed by atoms with van der Waals surface area (Å²) in [6.07, 6.45) is 0.439. The molecule has 0 unspecified atom stereocenters. The number of hydrogen-bond acceptors (Lipinski definition) is 3. The van der Waals surface area contributed by atoms with Crippen LogP contribution < -0.4 is 10.5 Å². The average Bonchev–Trinajstić information content (AvgIpc) is 2.22. The van der Waals surface area contributed by atoms with Crippen LogP contribution in [0.25, 0.3) is 0 Å². The maximum Gasteiger partial charge on any atom is 0.232 e. The molecule has 0 atom stereocenters. The molecule has 0 spiro atoms. The minimum Gasteiger partial charge on any atom is -0.330 e. The smallest absolute Gasteiger partial charge is 0.232 e. The first-order valence-corrected chi connectivity index (χ1v) is 6.95. The maximum atomic E-state index is 11.6. The van der Waals surface area contributed by atoms with Crippen LogP contribution in [0.3, 0.4) is 0 Å². The lowest BCUT2D eigenvalue weighted by Crippen LogP contribution is -2.19. The van der Waals surface area contributed by atoms with Gasteiger partial charge in [-0.2, -0.15) is 0 Å². The lowest BCUT2D eigenvalue weighted by atomic mass is 10.2. The lowest BCUT2D eigenvalue weighted by molar-refractivity contribution is 0.598. The number of rotatable bonds is 5. The molecule has 0 heterocycles. The zero-order valence-electron chi connectivity index (χ0n) is 9.03. The van der Waals surface area contributed by atoms with Crippen LogP contribution in [0.1, 0.15) is 12.0 Å². The minimum absolute atomic E-state index is 0.0233. The molecule has 1 aromatic carbocycles. The molecule has 0 bridgehead atoms. The first-order valence-electron chi connectivity index (χ1n) is 4.92. The first kappa shape index (κ1) is 13.3. The quantitative estimate of drug-likeness (QED) is 0.849. The highest BCUT2D eigenvalue weighted by Crippen LogP contribution is 2.23. The lowest BCUT2D eigenvalue weighted by Gasteiger charge is -2.10. The second-order valence-corrected chi connectivity index (χ2v) is 5.72. The van der Waals surface area contributed by atoms with Crippen LogP contribution in [0.4, 0.5) is 5.69 Å². The van der Waals surface area contributed by atoms with Crippen LogP contribution in [0.2, 0.25) is 5.02 Å². The van der Waals surface area contributed by atoms with E-state index in [0.717, 1.165) is 5.56 Å². The maximum absolute atomic E-state index is 11.6. The number of nitrogens with two attached hydrogens (primary N) is 1. The molecule has 1 rings (SSSR count). The highest BCUT2D eigenvalue weighted by atomic mass is 35.5. The normalized spacial score (nSPS) is 11.4. The number of hydrogen-bond donors (Lipinski definition) is 2. The van der Waals surface area contributed by atoms with Gasteiger partial charge in [-0.3, -0.25) is 4.72 Å². The Morgan fingerprint density at radius 3 is 2.75 bits per heavy atom. The fourth-order valence-corrected chi connectivity index (χ4v) is 2.59. The number of nitrogens with one attached hydrogen (secondary N) is 1. The summed E-state index contributed by atoms with van der Waals surface area (Å²) in [5.41, 5.74) is 6.51. The van der Waals surface area contributed by atoms with Gasteiger partial charge in [-0.1, -0.05) is 17.7 Å². The first-order chi connectivity index (χ1) is 7.46. The molecule has 16 heavy (non-hydrogen) atoms. The Bertz CT molecular complexity index is 460. The predicted octanol–water partition coefficient (Wildman–Crippen LogP) is 1.74.